The fourth-order valence-corrected chi connectivity index (χ4v) is 3.97. The number of hydrogen-bond donors (Lipinski definition) is 1. The van der Waals surface area contributed by atoms with Crippen LogP contribution in [0.15, 0.2) is 24.3 Å². The van der Waals surface area contributed by atoms with Crippen LogP contribution in [0.25, 0.3) is 0 Å². The molecule has 1 amide bonds. The van der Waals surface area contributed by atoms with E-state index in [1.165, 1.54) is 6.92 Å². The molecule has 8 nitrogen and oxygen atoms in total. The van der Waals surface area contributed by atoms with E-state index in [2.05, 4.69) is 5.32 Å². The van der Waals surface area contributed by atoms with Crippen LogP contribution in [-0.2, 0) is 24.2 Å². The van der Waals surface area contributed by atoms with Gasteiger partial charge in [0.2, 0.25) is 0 Å². The molecule has 0 aliphatic carbocycles. The SMILES string of the molecule is C[C@@H](Oc1ccc(C#N)cc1)C(=O)OCC(=O)N[C@@H]1CCS(=O)(=O)C1. The second-order valence-corrected chi connectivity index (χ2v) is 7.90. The number of rotatable bonds is 6. The molecule has 0 bridgehead atoms. The van der Waals surface area contributed by atoms with E-state index in [1.54, 1.807) is 24.3 Å². The zero-order valence-corrected chi connectivity index (χ0v) is 14.4. The summed E-state index contributed by atoms with van der Waals surface area (Å²) in [6.45, 7) is 0.971. The lowest BCUT2D eigenvalue weighted by Gasteiger charge is -2.15. The van der Waals surface area contributed by atoms with Gasteiger partial charge in [-0.1, -0.05) is 0 Å². The minimum Gasteiger partial charge on any atom is -0.479 e. The smallest absolute Gasteiger partial charge is 0.347 e. The molecule has 1 aliphatic rings. The molecule has 25 heavy (non-hydrogen) atoms. The third kappa shape index (κ3) is 5.76. The molecule has 0 spiro atoms. The van der Waals surface area contributed by atoms with E-state index in [4.69, 9.17) is 14.7 Å². The highest BCUT2D eigenvalue weighted by atomic mass is 32.2. The molecule has 1 aromatic rings. The highest BCUT2D eigenvalue weighted by molar-refractivity contribution is 7.91. The highest BCUT2D eigenvalue weighted by Gasteiger charge is 2.29. The molecular formula is C16H18N2O6S. The first-order chi connectivity index (χ1) is 11.8. The second-order valence-electron chi connectivity index (χ2n) is 5.67. The maximum Gasteiger partial charge on any atom is 0.347 e. The van der Waals surface area contributed by atoms with Crippen molar-refractivity contribution in [2.24, 2.45) is 0 Å². The van der Waals surface area contributed by atoms with E-state index in [-0.39, 0.29) is 11.5 Å². The Hall–Kier alpha value is -2.60. The van der Waals surface area contributed by atoms with Crippen LogP contribution in [0.3, 0.4) is 0 Å². The Labute approximate surface area is 145 Å². The lowest BCUT2D eigenvalue weighted by Crippen LogP contribution is -2.39. The molecule has 0 unspecified atom stereocenters. The number of ether oxygens (including phenoxy) is 2. The average molecular weight is 366 g/mol. The van der Waals surface area contributed by atoms with Gasteiger partial charge in [-0.15, -0.1) is 0 Å². The van der Waals surface area contributed by atoms with Gasteiger partial charge < -0.3 is 14.8 Å². The maximum atomic E-state index is 11.8. The lowest BCUT2D eigenvalue weighted by molar-refractivity contribution is -0.154. The Balaban J connectivity index is 1.75. The number of nitrogens with zero attached hydrogens (tertiary/aromatic N) is 1. The van der Waals surface area contributed by atoms with E-state index in [9.17, 15) is 18.0 Å². The number of nitriles is 1. The van der Waals surface area contributed by atoms with Gasteiger partial charge in [-0.2, -0.15) is 5.26 Å². The van der Waals surface area contributed by atoms with E-state index < -0.39 is 40.5 Å². The first-order valence-corrected chi connectivity index (χ1v) is 9.44. The van der Waals surface area contributed by atoms with Crippen LogP contribution >= 0.6 is 0 Å². The van der Waals surface area contributed by atoms with Crippen LogP contribution in [0.1, 0.15) is 18.9 Å². The van der Waals surface area contributed by atoms with Crippen LogP contribution in [0, 0.1) is 11.3 Å². The Bertz CT molecular complexity index is 782. The summed E-state index contributed by atoms with van der Waals surface area (Å²) in [4.78, 5) is 23.6. The summed E-state index contributed by atoms with van der Waals surface area (Å²) in [6, 6.07) is 7.73. The molecule has 1 aromatic carbocycles. The van der Waals surface area contributed by atoms with E-state index in [0.29, 0.717) is 17.7 Å². The number of hydrogen-bond acceptors (Lipinski definition) is 7. The molecule has 1 N–H and O–H groups in total. The van der Waals surface area contributed by atoms with Crippen LogP contribution in [-0.4, -0.2) is 50.6 Å². The van der Waals surface area contributed by atoms with Crippen molar-refractivity contribution in [3.63, 3.8) is 0 Å². The quantitative estimate of drug-likeness (QED) is 0.712. The predicted molar refractivity (Wildman–Crippen MR) is 87.4 cm³/mol. The summed E-state index contributed by atoms with van der Waals surface area (Å²) < 4.78 is 32.9. The maximum absolute atomic E-state index is 11.8. The lowest BCUT2D eigenvalue weighted by atomic mass is 10.2. The standard InChI is InChI=1S/C16H18N2O6S/c1-11(24-14-4-2-12(8-17)3-5-14)16(20)23-9-15(19)18-13-6-7-25(21,22)10-13/h2-5,11,13H,6-7,9-10H2,1H3,(H,18,19)/t11-,13-/m1/s1. The van der Waals surface area contributed by atoms with Crippen molar-refractivity contribution in [2.45, 2.75) is 25.5 Å². The van der Waals surface area contributed by atoms with Crippen LogP contribution < -0.4 is 10.1 Å². The van der Waals surface area contributed by atoms with E-state index in [1.807, 2.05) is 6.07 Å². The van der Waals surface area contributed by atoms with Crippen LogP contribution in [0.4, 0.5) is 0 Å². The highest BCUT2D eigenvalue weighted by Crippen LogP contribution is 2.14. The van der Waals surface area contributed by atoms with Crippen molar-refractivity contribution in [1.29, 1.82) is 5.26 Å². The first-order valence-electron chi connectivity index (χ1n) is 7.62. The van der Waals surface area contributed by atoms with Crippen molar-refractivity contribution < 1.29 is 27.5 Å². The van der Waals surface area contributed by atoms with Gasteiger partial charge in [0.1, 0.15) is 5.75 Å². The number of benzene rings is 1. The van der Waals surface area contributed by atoms with E-state index in [0.717, 1.165) is 0 Å². The van der Waals surface area contributed by atoms with Gasteiger partial charge in [0, 0.05) is 6.04 Å². The van der Waals surface area contributed by atoms with Gasteiger partial charge in [0.05, 0.1) is 23.1 Å². The summed E-state index contributed by atoms with van der Waals surface area (Å²) in [5.74, 6) is -0.929. The Morgan fingerprint density at radius 2 is 2.04 bits per heavy atom. The van der Waals surface area contributed by atoms with Crippen molar-refractivity contribution >= 4 is 21.7 Å². The second kappa shape index (κ2) is 7.98. The van der Waals surface area contributed by atoms with E-state index >= 15 is 0 Å². The number of carbonyl (C=O) groups excluding carboxylic acids is 2. The summed E-state index contributed by atoms with van der Waals surface area (Å²) in [5, 5.41) is 11.2. The molecule has 0 saturated carbocycles. The molecule has 0 radical (unpaired) electrons. The van der Waals surface area contributed by atoms with Gasteiger partial charge in [0.25, 0.3) is 5.91 Å². The average Bonchev–Trinajstić information content (AvgIpc) is 2.91. The van der Waals surface area contributed by atoms with Crippen molar-refractivity contribution in [3.05, 3.63) is 29.8 Å². The fraction of sp³-hybridized carbons (Fsp3) is 0.438. The normalized spacial score (nSPS) is 19.4. The summed E-state index contributed by atoms with van der Waals surface area (Å²) >= 11 is 0. The van der Waals surface area contributed by atoms with Gasteiger partial charge in [0.15, 0.2) is 22.5 Å². The summed E-state index contributed by atoms with van der Waals surface area (Å²) in [5.41, 5.74) is 0.466. The minimum absolute atomic E-state index is 0.0488. The number of carbonyl (C=O) groups is 2. The monoisotopic (exact) mass is 366 g/mol. The number of sulfone groups is 1. The topological polar surface area (TPSA) is 123 Å². The molecular weight excluding hydrogens is 348 g/mol. The molecule has 1 saturated heterocycles. The summed E-state index contributed by atoms with van der Waals surface area (Å²) in [7, 11) is -3.09. The molecule has 134 valence electrons. The number of nitrogens with one attached hydrogen (secondary N) is 1. The van der Waals surface area contributed by atoms with Crippen molar-refractivity contribution in [2.75, 3.05) is 18.1 Å². The fourth-order valence-electron chi connectivity index (χ4n) is 2.29. The minimum atomic E-state index is -3.09. The van der Waals surface area contributed by atoms with Gasteiger partial charge in [-0.25, -0.2) is 13.2 Å². The Kier molecular flexibility index (Phi) is 5.98. The first kappa shape index (κ1) is 18.7. The third-order valence-electron chi connectivity index (χ3n) is 3.57. The molecule has 1 aliphatic heterocycles. The van der Waals surface area contributed by atoms with Gasteiger partial charge in [-0.05, 0) is 37.6 Å². The zero-order valence-electron chi connectivity index (χ0n) is 13.6. The molecule has 1 heterocycles. The number of amides is 1. The third-order valence-corrected chi connectivity index (χ3v) is 5.34. The molecule has 9 heteroatoms. The van der Waals surface area contributed by atoms with Crippen LogP contribution in [0.5, 0.6) is 5.75 Å². The molecule has 1 fully saturated rings. The van der Waals surface area contributed by atoms with Gasteiger partial charge >= 0.3 is 5.97 Å². The molecule has 0 aromatic heterocycles. The van der Waals surface area contributed by atoms with Crippen molar-refractivity contribution in [1.82, 2.24) is 5.32 Å². The van der Waals surface area contributed by atoms with Gasteiger partial charge in [-0.3, -0.25) is 4.79 Å². The largest absolute Gasteiger partial charge is 0.479 e. The molecule has 2 atom stereocenters. The number of esters is 1. The zero-order chi connectivity index (χ0) is 18.4. The summed E-state index contributed by atoms with van der Waals surface area (Å²) in [6.07, 6.45) is -0.576. The Morgan fingerprint density at radius 1 is 1.36 bits per heavy atom. The van der Waals surface area contributed by atoms with Crippen LogP contribution in [0.2, 0.25) is 0 Å². The Morgan fingerprint density at radius 3 is 2.60 bits per heavy atom. The predicted octanol–water partition coefficient (Wildman–Crippen LogP) is 0.172. The molecule has 2 rings (SSSR count). The van der Waals surface area contributed by atoms with Crippen molar-refractivity contribution in [3.8, 4) is 11.8 Å².